The number of benzene rings is 1. The van der Waals surface area contributed by atoms with E-state index in [4.69, 9.17) is 5.26 Å². The number of rotatable bonds is 5. The largest absolute Gasteiger partial charge is 0.353 e. The fraction of sp³-hybridized carbons (Fsp3) is 0.133. The second-order valence-corrected chi connectivity index (χ2v) is 4.71. The number of nitrogens with one attached hydrogen (secondary N) is 4. The molecule has 0 atom stereocenters. The van der Waals surface area contributed by atoms with Crippen LogP contribution in [-0.4, -0.2) is 34.5 Å². The molecule has 0 fully saturated rings. The van der Waals surface area contributed by atoms with Crippen LogP contribution < -0.4 is 16.1 Å². The van der Waals surface area contributed by atoms with E-state index in [1.807, 2.05) is 25.1 Å². The molecule has 0 unspecified atom stereocenters. The van der Waals surface area contributed by atoms with Crippen molar-refractivity contribution in [2.45, 2.75) is 6.92 Å². The second kappa shape index (κ2) is 7.55. The molecule has 0 spiro atoms. The molecule has 4 N–H and O–H groups in total. The average Bonchev–Trinajstić information content (AvgIpc) is 3.03. The molecule has 0 bridgehead atoms. The molecule has 24 heavy (non-hydrogen) atoms. The van der Waals surface area contributed by atoms with Crippen LogP contribution in [0.25, 0.3) is 0 Å². The highest BCUT2D eigenvalue weighted by atomic mass is 16.2. The van der Waals surface area contributed by atoms with E-state index in [2.05, 4.69) is 31.1 Å². The maximum atomic E-state index is 12.3. The maximum Gasteiger partial charge on any atom is 0.282 e. The molecular formula is C15H15N7O2. The van der Waals surface area contributed by atoms with E-state index < -0.39 is 11.8 Å². The van der Waals surface area contributed by atoms with Crippen LogP contribution in [0.5, 0.6) is 0 Å². The molecule has 0 radical (unpaired) electrons. The topological polar surface area (TPSA) is 135 Å². The van der Waals surface area contributed by atoms with Crippen molar-refractivity contribution in [1.29, 1.82) is 5.26 Å². The van der Waals surface area contributed by atoms with Gasteiger partial charge in [-0.25, -0.2) is 4.98 Å². The van der Waals surface area contributed by atoms with E-state index in [0.717, 1.165) is 5.56 Å². The third-order valence-corrected chi connectivity index (χ3v) is 2.96. The SMILES string of the molecule is CNC(=O)/C(C#N)=N\Nc1nc[nH]c1C(=O)Nc1cccc(C)c1. The number of carbonyl (C=O) groups excluding carboxylic acids is 2. The first kappa shape index (κ1) is 16.7. The van der Waals surface area contributed by atoms with Crippen molar-refractivity contribution in [1.82, 2.24) is 15.3 Å². The highest BCUT2D eigenvalue weighted by Gasteiger charge is 2.15. The van der Waals surface area contributed by atoms with Gasteiger partial charge >= 0.3 is 0 Å². The van der Waals surface area contributed by atoms with Gasteiger partial charge in [0.05, 0.1) is 6.33 Å². The number of aryl methyl sites for hydroxylation is 1. The highest BCUT2D eigenvalue weighted by Crippen LogP contribution is 2.14. The summed E-state index contributed by atoms with van der Waals surface area (Å²) >= 11 is 0. The number of amides is 2. The fourth-order valence-corrected chi connectivity index (χ4v) is 1.82. The predicted molar refractivity (Wildman–Crippen MR) is 88.5 cm³/mol. The Morgan fingerprint density at radius 1 is 1.38 bits per heavy atom. The summed E-state index contributed by atoms with van der Waals surface area (Å²) in [5.41, 5.74) is 3.81. The lowest BCUT2D eigenvalue weighted by Gasteiger charge is -2.06. The van der Waals surface area contributed by atoms with Crippen LogP contribution in [0.3, 0.4) is 0 Å². The molecule has 0 aliphatic heterocycles. The Morgan fingerprint density at radius 3 is 2.83 bits per heavy atom. The number of hydrogen-bond donors (Lipinski definition) is 4. The van der Waals surface area contributed by atoms with Crippen LogP contribution in [0.1, 0.15) is 16.1 Å². The number of nitriles is 1. The summed E-state index contributed by atoms with van der Waals surface area (Å²) in [5.74, 6) is -0.989. The number of H-pyrrole nitrogens is 1. The first-order chi connectivity index (χ1) is 11.5. The molecule has 0 aliphatic rings. The van der Waals surface area contributed by atoms with Crippen LogP contribution in [0.15, 0.2) is 35.7 Å². The van der Waals surface area contributed by atoms with Crippen LogP contribution in [0.2, 0.25) is 0 Å². The van der Waals surface area contributed by atoms with Gasteiger partial charge in [0.25, 0.3) is 11.8 Å². The van der Waals surface area contributed by atoms with Gasteiger partial charge in [0, 0.05) is 12.7 Å². The molecular weight excluding hydrogens is 310 g/mol. The zero-order valence-corrected chi connectivity index (χ0v) is 13.0. The predicted octanol–water partition coefficient (Wildman–Crippen LogP) is 1.01. The first-order valence-corrected chi connectivity index (χ1v) is 6.92. The van der Waals surface area contributed by atoms with Gasteiger partial charge in [0.15, 0.2) is 11.5 Å². The Labute approximate surface area is 137 Å². The Hall–Kier alpha value is -3.67. The molecule has 1 heterocycles. The summed E-state index contributed by atoms with van der Waals surface area (Å²) < 4.78 is 0. The summed E-state index contributed by atoms with van der Waals surface area (Å²) in [6.07, 6.45) is 1.30. The van der Waals surface area contributed by atoms with Gasteiger partial charge in [-0.05, 0) is 24.6 Å². The maximum absolute atomic E-state index is 12.3. The molecule has 1 aromatic carbocycles. The minimum absolute atomic E-state index is 0.0943. The van der Waals surface area contributed by atoms with Gasteiger partial charge in [0.2, 0.25) is 5.71 Å². The monoisotopic (exact) mass is 325 g/mol. The molecule has 2 amide bonds. The molecule has 0 saturated heterocycles. The van der Waals surface area contributed by atoms with Crippen molar-refractivity contribution in [2.24, 2.45) is 5.10 Å². The first-order valence-electron chi connectivity index (χ1n) is 6.92. The van der Waals surface area contributed by atoms with E-state index >= 15 is 0 Å². The van der Waals surface area contributed by atoms with Gasteiger partial charge in [-0.15, -0.1) is 0 Å². The number of nitrogens with zero attached hydrogens (tertiary/aromatic N) is 3. The van der Waals surface area contributed by atoms with Crippen molar-refractivity contribution >= 4 is 29.0 Å². The van der Waals surface area contributed by atoms with Gasteiger partial charge in [-0.2, -0.15) is 10.4 Å². The Morgan fingerprint density at radius 2 is 2.17 bits per heavy atom. The lowest BCUT2D eigenvalue weighted by atomic mass is 10.2. The smallest absolute Gasteiger partial charge is 0.282 e. The van der Waals surface area contributed by atoms with Gasteiger partial charge in [-0.1, -0.05) is 12.1 Å². The van der Waals surface area contributed by atoms with Crippen molar-refractivity contribution in [3.8, 4) is 6.07 Å². The minimum Gasteiger partial charge on any atom is -0.353 e. The van der Waals surface area contributed by atoms with Crippen LogP contribution in [0.4, 0.5) is 11.5 Å². The number of imidazole rings is 1. The molecule has 2 rings (SSSR count). The summed E-state index contributed by atoms with van der Waals surface area (Å²) in [7, 11) is 1.38. The van der Waals surface area contributed by atoms with E-state index in [9.17, 15) is 9.59 Å². The number of aromatic amines is 1. The summed E-state index contributed by atoms with van der Waals surface area (Å²) in [4.78, 5) is 30.3. The molecule has 122 valence electrons. The number of carbonyl (C=O) groups is 2. The lowest BCUT2D eigenvalue weighted by Crippen LogP contribution is -2.27. The number of anilines is 2. The van der Waals surface area contributed by atoms with Crippen LogP contribution in [0, 0.1) is 18.3 Å². The number of hydrogen-bond acceptors (Lipinski definition) is 6. The van der Waals surface area contributed by atoms with E-state index in [0.29, 0.717) is 5.69 Å². The van der Waals surface area contributed by atoms with Gasteiger partial charge < -0.3 is 15.6 Å². The van der Waals surface area contributed by atoms with Crippen molar-refractivity contribution < 1.29 is 9.59 Å². The van der Waals surface area contributed by atoms with E-state index in [1.165, 1.54) is 13.4 Å². The number of hydrazone groups is 1. The standard InChI is InChI=1S/C15H15N7O2/c1-9-4-3-5-10(6-9)20-15(24)12-13(19-8-18-12)22-21-11(7-16)14(23)17-2/h3-6,8,22H,1-2H3,(H,17,23)(H,18,19)(H,20,24)/b21-11-. The Bertz CT molecular complexity index is 832. The molecule has 1 aromatic heterocycles. The number of aromatic nitrogens is 2. The molecule has 9 heteroatoms. The summed E-state index contributed by atoms with van der Waals surface area (Å²) in [5, 5.41) is 17.5. The van der Waals surface area contributed by atoms with E-state index in [-0.39, 0.29) is 17.2 Å². The zero-order valence-electron chi connectivity index (χ0n) is 13.0. The third-order valence-electron chi connectivity index (χ3n) is 2.96. The molecule has 9 nitrogen and oxygen atoms in total. The quantitative estimate of drug-likeness (QED) is 0.480. The minimum atomic E-state index is -0.647. The van der Waals surface area contributed by atoms with Gasteiger partial charge in [0.1, 0.15) is 6.07 Å². The van der Waals surface area contributed by atoms with Gasteiger partial charge in [-0.3, -0.25) is 15.0 Å². The molecule has 0 saturated carbocycles. The lowest BCUT2D eigenvalue weighted by molar-refractivity contribution is -0.114. The zero-order chi connectivity index (χ0) is 17.5. The normalized spacial score (nSPS) is 10.6. The summed E-state index contributed by atoms with van der Waals surface area (Å²) in [6, 6.07) is 8.96. The highest BCUT2D eigenvalue weighted by molar-refractivity contribution is 6.45. The van der Waals surface area contributed by atoms with Crippen molar-refractivity contribution in [2.75, 3.05) is 17.8 Å². The Kier molecular flexibility index (Phi) is 5.25. The van der Waals surface area contributed by atoms with Crippen molar-refractivity contribution in [3.05, 3.63) is 41.9 Å². The average molecular weight is 325 g/mol. The van der Waals surface area contributed by atoms with Crippen molar-refractivity contribution in [3.63, 3.8) is 0 Å². The molecule has 2 aromatic rings. The van der Waals surface area contributed by atoms with Crippen LogP contribution in [-0.2, 0) is 4.79 Å². The fourth-order valence-electron chi connectivity index (χ4n) is 1.82. The Balaban J connectivity index is 2.15. The van der Waals surface area contributed by atoms with Crippen LogP contribution >= 0.6 is 0 Å². The molecule has 0 aliphatic carbocycles. The third kappa shape index (κ3) is 3.95. The van der Waals surface area contributed by atoms with E-state index in [1.54, 1.807) is 12.1 Å². The second-order valence-electron chi connectivity index (χ2n) is 4.71. The summed E-state index contributed by atoms with van der Waals surface area (Å²) in [6.45, 7) is 1.91.